The largest absolute Gasteiger partial charge is 0.147 e. The number of hydrogen-bond donors (Lipinski definition) is 0. The third kappa shape index (κ3) is 4.33. The molecule has 0 unspecified atom stereocenters. The maximum atomic E-state index is 3.95. The zero-order valence-electron chi connectivity index (χ0n) is 17.6. The molecule has 0 aliphatic carbocycles. The minimum Gasteiger partial charge on any atom is -0.147 e. The number of nitrogens with zero attached hydrogens (tertiary/aromatic N) is 2. The van der Waals surface area contributed by atoms with Crippen LogP contribution in [0.3, 0.4) is 0 Å². The van der Waals surface area contributed by atoms with Gasteiger partial charge in [-0.2, -0.15) is 0 Å². The average molecular weight is 488 g/mol. The Hall–Kier alpha value is -1.66. The second-order valence-corrected chi connectivity index (χ2v) is 9.18. The summed E-state index contributed by atoms with van der Waals surface area (Å²) in [6, 6.07) is 9.10. The molecule has 153 valence electrons. The van der Waals surface area contributed by atoms with Crippen LogP contribution in [0.15, 0.2) is 49.3 Å². The van der Waals surface area contributed by atoms with Gasteiger partial charge < -0.3 is 0 Å². The number of rotatable bonds is 4. The Labute approximate surface area is 183 Å². The quantitative estimate of drug-likeness (QED) is 0.284. The molecule has 2 aromatic carbocycles. The molecule has 0 saturated heterocycles. The van der Waals surface area contributed by atoms with E-state index in [0.717, 1.165) is 4.89 Å². The normalized spacial score (nSPS) is 10.8. The van der Waals surface area contributed by atoms with E-state index in [2.05, 4.69) is 93.9 Å². The fourth-order valence-corrected chi connectivity index (χ4v) is 5.62. The maximum Gasteiger partial charge on any atom is -0.147 e. The maximum absolute atomic E-state index is 3.95. The minimum atomic E-state index is 0. The van der Waals surface area contributed by atoms with Crippen LogP contribution < -0.4 is 0 Å². The first-order chi connectivity index (χ1) is 12.8. The van der Waals surface area contributed by atoms with Crippen molar-refractivity contribution in [1.29, 1.82) is 0 Å². The molecule has 0 aliphatic rings. The van der Waals surface area contributed by atoms with Gasteiger partial charge >= 0.3 is 171 Å². The molecule has 0 bridgehead atoms. The number of hydrogen-bond acceptors (Lipinski definition) is 0. The van der Waals surface area contributed by atoms with Crippen molar-refractivity contribution in [2.45, 2.75) is 46.4 Å². The van der Waals surface area contributed by atoms with Crippen molar-refractivity contribution in [2.24, 2.45) is 0 Å². The molecular formula is C24H30ClN2Pd. The first-order valence-corrected chi connectivity index (χ1v) is 11.1. The smallest absolute Gasteiger partial charge is 0.147 e. The number of allylic oxidation sites excluding steroid dienone is 1. The molecule has 0 N–H and O–H groups in total. The number of imidazole rings is 1. The summed E-state index contributed by atoms with van der Waals surface area (Å²) in [5, 5.41) is 0. The fourth-order valence-electron chi connectivity index (χ4n) is 4.00. The van der Waals surface area contributed by atoms with Gasteiger partial charge in [0.05, 0.1) is 0 Å². The van der Waals surface area contributed by atoms with E-state index in [1.165, 1.54) is 48.6 Å². The fraction of sp³-hybridized carbons (Fsp3) is 0.292. The summed E-state index contributed by atoms with van der Waals surface area (Å²) >= 11 is 0.434. The van der Waals surface area contributed by atoms with Crippen LogP contribution in [-0.2, 0) is 17.5 Å². The predicted molar refractivity (Wildman–Crippen MR) is 119 cm³/mol. The SMILES string of the molecule is C=C[CH2][Pd]=[c]1n(-c2c(C)cc(C)cc2C)ccn1-c1c(C)cc(C)cc1C.Cl. The number of halogens is 1. The molecule has 0 aliphatic heterocycles. The molecule has 0 radical (unpaired) electrons. The van der Waals surface area contributed by atoms with Crippen LogP contribution in [0.5, 0.6) is 0 Å². The van der Waals surface area contributed by atoms with Crippen LogP contribution in [0, 0.1) is 45.4 Å². The molecule has 1 heterocycles. The van der Waals surface area contributed by atoms with Gasteiger partial charge in [-0.05, 0) is 0 Å². The van der Waals surface area contributed by atoms with E-state index in [4.69, 9.17) is 0 Å². The zero-order valence-corrected chi connectivity index (χ0v) is 19.9. The van der Waals surface area contributed by atoms with Crippen molar-refractivity contribution < 1.29 is 17.5 Å². The predicted octanol–water partition coefficient (Wildman–Crippen LogP) is 6.76. The van der Waals surface area contributed by atoms with E-state index >= 15 is 0 Å². The van der Waals surface area contributed by atoms with Crippen LogP contribution >= 0.6 is 12.4 Å². The van der Waals surface area contributed by atoms with Gasteiger partial charge in [0, 0.05) is 0 Å². The van der Waals surface area contributed by atoms with Gasteiger partial charge in [-0.25, -0.2) is 0 Å². The first-order valence-electron chi connectivity index (χ1n) is 9.25. The first kappa shape index (κ1) is 22.6. The number of benzene rings is 2. The molecule has 28 heavy (non-hydrogen) atoms. The van der Waals surface area contributed by atoms with Crippen LogP contribution in [0.25, 0.3) is 11.4 Å². The molecule has 0 spiro atoms. The molecule has 3 rings (SSSR count). The molecule has 4 heteroatoms. The monoisotopic (exact) mass is 487 g/mol. The van der Waals surface area contributed by atoms with Crippen LogP contribution in [-0.4, -0.2) is 9.13 Å². The van der Waals surface area contributed by atoms with E-state index in [0.29, 0.717) is 17.5 Å². The van der Waals surface area contributed by atoms with E-state index < -0.39 is 0 Å². The molecule has 0 atom stereocenters. The Balaban J connectivity index is 0.00000280. The molecule has 1 aromatic heterocycles. The summed E-state index contributed by atoms with van der Waals surface area (Å²) in [6.45, 7) is 17.1. The second-order valence-electron chi connectivity index (χ2n) is 7.30. The van der Waals surface area contributed by atoms with Crippen LogP contribution in [0.1, 0.15) is 33.4 Å². The average Bonchev–Trinajstić information content (AvgIpc) is 2.94. The topological polar surface area (TPSA) is 9.86 Å². The van der Waals surface area contributed by atoms with E-state index in [1.807, 2.05) is 6.08 Å². The summed E-state index contributed by atoms with van der Waals surface area (Å²) in [5.41, 5.74) is 10.5. The Morgan fingerprint density at radius 1 is 0.750 bits per heavy atom. The molecule has 3 aromatic rings. The Morgan fingerprint density at radius 3 is 1.43 bits per heavy atom. The van der Waals surface area contributed by atoms with Crippen molar-refractivity contribution in [2.75, 3.05) is 0 Å². The van der Waals surface area contributed by atoms with E-state index in [-0.39, 0.29) is 12.4 Å². The Morgan fingerprint density at radius 2 is 1.11 bits per heavy atom. The summed E-state index contributed by atoms with van der Waals surface area (Å²) in [6.07, 6.45) is 6.47. The molecule has 0 fully saturated rings. The molecule has 0 saturated carbocycles. The summed E-state index contributed by atoms with van der Waals surface area (Å²) in [5.74, 6) is 0. The number of aryl methyl sites for hydroxylation is 6. The Kier molecular flexibility index (Phi) is 7.46. The zero-order chi connectivity index (χ0) is 19.7. The van der Waals surface area contributed by atoms with Crippen molar-refractivity contribution in [1.82, 2.24) is 9.13 Å². The van der Waals surface area contributed by atoms with Gasteiger partial charge in [-0.15, -0.1) is 12.4 Å². The molecule has 0 amide bonds. The van der Waals surface area contributed by atoms with Gasteiger partial charge in [0.25, 0.3) is 0 Å². The number of aromatic nitrogens is 2. The van der Waals surface area contributed by atoms with Gasteiger partial charge in [-0.1, -0.05) is 0 Å². The third-order valence-electron chi connectivity index (χ3n) is 4.74. The van der Waals surface area contributed by atoms with Crippen molar-refractivity contribution >= 4 is 12.4 Å². The van der Waals surface area contributed by atoms with Crippen LogP contribution in [0.2, 0.25) is 4.89 Å². The Bertz CT molecular complexity index is 962. The summed E-state index contributed by atoms with van der Waals surface area (Å²) in [4.78, 5) is 1.01. The van der Waals surface area contributed by atoms with Crippen molar-refractivity contribution in [3.8, 4) is 11.4 Å². The minimum absolute atomic E-state index is 0. The third-order valence-corrected chi connectivity index (χ3v) is 6.75. The molecular weight excluding hydrogens is 458 g/mol. The molecule has 2 nitrogen and oxygen atoms in total. The summed E-state index contributed by atoms with van der Waals surface area (Å²) < 4.78 is 6.12. The van der Waals surface area contributed by atoms with Crippen molar-refractivity contribution in [3.63, 3.8) is 0 Å². The van der Waals surface area contributed by atoms with Gasteiger partial charge in [0.15, 0.2) is 0 Å². The van der Waals surface area contributed by atoms with Crippen LogP contribution in [0.4, 0.5) is 0 Å². The van der Waals surface area contributed by atoms with E-state index in [1.54, 1.807) is 0 Å². The van der Waals surface area contributed by atoms with Crippen molar-refractivity contribution in [3.05, 3.63) is 86.6 Å². The second kappa shape index (κ2) is 9.23. The van der Waals surface area contributed by atoms with Gasteiger partial charge in [0.2, 0.25) is 0 Å². The standard InChI is InChI=1S/C21H24N2.C3H5.ClH.Pd/c1-14-9-16(3)20(17(4)10-14)22-7-8-23(13-22)21-18(5)11-15(2)12-19(21)6;1-3-2;;/h7-12H,1-6H3;3H,1-2H2;1H;. The van der Waals surface area contributed by atoms with E-state index in [9.17, 15) is 0 Å². The van der Waals surface area contributed by atoms with Gasteiger partial charge in [-0.3, -0.25) is 0 Å². The van der Waals surface area contributed by atoms with Gasteiger partial charge in [0.1, 0.15) is 0 Å². The summed E-state index contributed by atoms with van der Waals surface area (Å²) in [7, 11) is 0.